The second-order valence-corrected chi connectivity index (χ2v) is 12.9. The number of hydrogen-bond donors (Lipinski definition) is 1. The van der Waals surface area contributed by atoms with Gasteiger partial charge in [0, 0.05) is 18.2 Å². The van der Waals surface area contributed by atoms with Crippen molar-refractivity contribution in [3.8, 4) is 5.88 Å². The van der Waals surface area contributed by atoms with Crippen molar-refractivity contribution in [2.45, 2.75) is 64.8 Å². The fourth-order valence-electron chi connectivity index (χ4n) is 5.06. The van der Waals surface area contributed by atoms with Crippen LogP contribution in [0, 0.1) is 5.82 Å². The molecule has 1 aliphatic carbocycles. The second kappa shape index (κ2) is 11.6. The van der Waals surface area contributed by atoms with Crippen LogP contribution in [0.5, 0.6) is 5.88 Å². The van der Waals surface area contributed by atoms with E-state index in [9.17, 15) is 18.0 Å². The predicted molar refractivity (Wildman–Crippen MR) is 153 cm³/mol. The Morgan fingerprint density at radius 3 is 2.33 bits per heavy atom. The summed E-state index contributed by atoms with van der Waals surface area (Å²) in [5, 5.41) is 0. The Labute approximate surface area is 244 Å². The highest BCUT2D eigenvalue weighted by Crippen LogP contribution is 2.39. The van der Waals surface area contributed by atoms with Crippen molar-refractivity contribution < 1.29 is 31.9 Å². The number of benzene rings is 2. The number of fused-ring (bicyclic) bond motifs is 1. The van der Waals surface area contributed by atoms with E-state index in [1.54, 1.807) is 25.7 Å². The topological polar surface area (TPSA) is 118 Å². The Hall–Kier alpha value is -4.19. The average Bonchev–Trinajstić information content (AvgIpc) is 3.21. The Morgan fingerprint density at radius 1 is 1.10 bits per heavy atom. The number of halogens is 1. The number of nitrogens with one attached hydrogen (secondary N) is 1. The molecule has 5 rings (SSSR count). The Kier molecular flexibility index (Phi) is 8.09. The summed E-state index contributed by atoms with van der Waals surface area (Å²) in [5.74, 6) is -1.86. The SMILES string of the molecule is CC(C)(C)OC(=O)N(Cc1ccccc1)C1CCc2nc(OCc3ccccc3)c(N3CC(=O)NS3(=O)=O)c(F)c2C1. The molecular weight excluding hydrogens is 563 g/mol. The van der Waals surface area contributed by atoms with E-state index >= 15 is 4.39 Å². The molecule has 1 aliphatic heterocycles. The van der Waals surface area contributed by atoms with E-state index in [4.69, 9.17) is 9.47 Å². The van der Waals surface area contributed by atoms with Crippen LogP contribution in [-0.2, 0) is 45.7 Å². The maximum Gasteiger partial charge on any atom is 0.410 e. The first-order valence-electron chi connectivity index (χ1n) is 13.7. The summed E-state index contributed by atoms with van der Waals surface area (Å²) < 4.78 is 56.2. The largest absolute Gasteiger partial charge is 0.471 e. The lowest BCUT2D eigenvalue weighted by atomic mass is 9.89. The predicted octanol–water partition coefficient (Wildman–Crippen LogP) is 4.28. The number of ether oxygens (including phenoxy) is 2. The van der Waals surface area contributed by atoms with Gasteiger partial charge >= 0.3 is 16.3 Å². The highest BCUT2D eigenvalue weighted by Gasteiger charge is 2.41. The number of amides is 2. The van der Waals surface area contributed by atoms with E-state index in [1.165, 1.54) is 0 Å². The molecule has 10 nitrogen and oxygen atoms in total. The summed E-state index contributed by atoms with van der Waals surface area (Å²) >= 11 is 0. The number of anilines is 1. The van der Waals surface area contributed by atoms with Gasteiger partial charge in [-0.1, -0.05) is 60.7 Å². The molecular formula is C30H33FN4O6S. The minimum atomic E-state index is -4.36. The third-order valence-corrected chi connectivity index (χ3v) is 8.34. The Morgan fingerprint density at radius 2 is 1.74 bits per heavy atom. The van der Waals surface area contributed by atoms with Gasteiger partial charge in [0.15, 0.2) is 11.5 Å². The van der Waals surface area contributed by atoms with E-state index in [-0.39, 0.29) is 31.0 Å². The molecule has 2 aliphatic rings. The second-order valence-electron chi connectivity index (χ2n) is 11.3. The van der Waals surface area contributed by atoms with Crippen LogP contribution in [0.2, 0.25) is 0 Å². The van der Waals surface area contributed by atoms with Gasteiger partial charge in [-0.2, -0.15) is 8.42 Å². The van der Waals surface area contributed by atoms with Gasteiger partial charge < -0.3 is 14.4 Å². The van der Waals surface area contributed by atoms with Crippen LogP contribution in [0.4, 0.5) is 14.9 Å². The van der Waals surface area contributed by atoms with E-state index < -0.39 is 51.9 Å². The summed E-state index contributed by atoms with van der Waals surface area (Å²) in [7, 11) is -4.36. The van der Waals surface area contributed by atoms with Crippen molar-refractivity contribution in [2.75, 3.05) is 10.8 Å². The summed E-state index contributed by atoms with van der Waals surface area (Å²) in [6.07, 6.45) is 0.330. The standard InChI is InChI=1S/C30H33FN4O6S/c1-30(2,3)41-29(37)34(17-20-10-6-4-7-11-20)22-14-15-24-23(16-22)26(31)27(35-18-25(36)33-42(35,38)39)28(32-24)40-19-21-12-8-5-9-13-21/h4-13,22H,14-19H2,1-3H3,(H,33,36). The third-order valence-electron chi connectivity index (χ3n) is 6.97. The van der Waals surface area contributed by atoms with Crippen LogP contribution < -0.4 is 13.8 Å². The van der Waals surface area contributed by atoms with Crippen LogP contribution >= 0.6 is 0 Å². The minimum absolute atomic E-state index is 0.0143. The average molecular weight is 597 g/mol. The van der Waals surface area contributed by atoms with E-state index in [1.807, 2.05) is 65.4 Å². The van der Waals surface area contributed by atoms with Crippen molar-refractivity contribution >= 4 is 27.9 Å². The zero-order valence-electron chi connectivity index (χ0n) is 23.7. The third kappa shape index (κ3) is 6.48. The van der Waals surface area contributed by atoms with E-state index in [0.717, 1.165) is 11.1 Å². The van der Waals surface area contributed by atoms with Gasteiger partial charge in [0.2, 0.25) is 5.88 Å². The number of carbonyl (C=O) groups is 2. The number of carbonyl (C=O) groups excluding carboxylic acids is 2. The molecule has 12 heteroatoms. The smallest absolute Gasteiger partial charge is 0.410 e. The first-order valence-corrected chi connectivity index (χ1v) is 15.1. The molecule has 1 aromatic heterocycles. The number of pyridine rings is 1. The molecule has 0 radical (unpaired) electrons. The number of hydrogen-bond acceptors (Lipinski definition) is 7. The summed E-state index contributed by atoms with van der Waals surface area (Å²) in [6.45, 7) is 4.99. The zero-order chi connectivity index (χ0) is 30.1. The van der Waals surface area contributed by atoms with Crippen LogP contribution in [-0.4, -0.2) is 48.5 Å². The van der Waals surface area contributed by atoms with Gasteiger partial charge in [-0.05, 0) is 51.2 Å². The lowest BCUT2D eigenvalue weighted by Crippen LogP contribution is -2.45. The van der Waals surface area contributed by atoms with Crippen molar-refractivity contribution in [1.82, 2.24) is 14.6 Å². The van der Waals surface area contributed by atoms with E-state index in [0.29, 0.717) is 22.8 Å². The highest BCUT2D eigenvalue weighted by atomic mass is 32.2. The molecule has 2 aromatic carbocycles. The number of aromatic nitrogens is 1. The first-order chi connectivity index (χ1) is 19.9. The molecule has 0 saturated carbocycles. The molecule has 1 unspecified atom stereocenters. The van der Waals surface area contributed by atoms with Gasteiger partial charge in [-0.3, -0.25) is 4.79 Å². The van der Waals surface area contributed by atoms with Crippen molar-refractivity contribution in [3.63, 3.8) is 0 Å². The van der Waals surface area contributed by atoms with Crippen molar-refractivity contribution in [2.24, 2.45) is 0 Å². The lowest BCUT2D eigenvalue weighted by molar-refractivity contribution is -0.117. The van der Waals surface area contributed by atoms with Crippen molar-refractivity contribution in [3.05, 3.63) is 88.9 Å². The molecule has 2 heterocycles. The molecule has 42 heavy (non-hydrogen) atoms. The summed E-state index contributed by atoms with van der Waals surface area (Å²) in [6, 6.07) is 18.1. The zero-order valence-corrected chi connectivity index (χ0v) is 24.5. The number of nitrogens with zero attached hydrogens (tertiary/aromatic N) is 3. The fraction of sp³-hybridized carbons (Fsp3) is 0.367. The lowest BCUT2D eigenvalue weighted by Gasteiger charge is -2.36. The van der Waals surface area contributed by atoms with Crippen LogP contribution in [0.1, 0.15) is 49.6 Å². The normalized spacial score (nSPS) is 17.8. The molecule has 1 atom stereocenters. The van der Waals surface area contributed by atoms with Gasteiger partial charge in [0.1, 0.15) is 18.8 Å². The maximum atomic E-state index is 16.5. The van der Waals surface area contributed by atoms with Gasteiger partial charge in [-0.15, -0.1) is 0 Å². The van der Waals surface area contributed by atoms with Crippen molar-refractivity contribution in [1.29, 1.82) is 0 Å². The molecule has 1 N–H and O–H groups in total. The summed E-state index contributed by atoms with van der Waals surface area (Å²) in [5.41, 5.74) is 1.06. The monoisotopic (exact) mass is 596 g/mol. The fourth-order valence-corrected chi connectivity index (χ4v) is 6.21. The molecule has 222 valence electrons. The van der Waals surface area contributed by atoms with Crippen LogP contribution in [0.3, 0.4) is 0 Å². The molecule has 1 saturated heterocycles. The quantitative estimate of drug-likeness (QED) is 0.433. The highest BCUT2D eigenvalue weighted by molar-refractivity contribution is 7.92. The van der Waals surface area contributed by atoms with E-state index in [2.05, 4.69) is 4.98 Å². The Bertz CT molecular complexity index is 1580. The molecule has 3 aromatic rings. The Balaban J connectivity index is 1.52. The minimum Gasteiger partial charge on any atom is -0.471 e. The van der Waals surface area contributed by atoms with Gasteiger partial charge in [0.05, 0.1) is 5.69 Å². The number of aryl methyl sites for hydroxylation is 1. The molecule has 2 amide bonds. The first kappa shape index (κ1) is 29.3. The molecule has 0 spiro atoms. The van der Waals surface area contributed by atoms with Gasteiger partial charge in [0.25, 0.3) is 5.91 Å². The van der Waals surface area contributed by atoms with Crippen LogP contribution in [0.25, 0.3) is 0 Å². The maximum absolute atomic E-state index is 16.5. The number of rotatable bonds is 7. The van der Waals surface area contributed by atoms with Gasteiger partial charge in [-0.25, -0.2) is 23.2 Å². The summed E-state index contributed by atoms with van der Waals surface area (Å²) in [4.78, 5) is 31.6. The molecule has 0 bridgehead atoms. The molecule has 1 fully saturated rings. The van der Waals surface area contributed by atoms with Crippen LogP contribution in [0.15, 0.2) is 60.7 Å².